The van der Waals surface area contributed by atoms with Crippen LogP contribution in [-0.4, -0.2) is 15.5 Å². The van der Waals surface area contributed by atoms with Gasteiger partial charge in [-0.2, -0.15) is 4.98 Å². The Bertz CT molecular complexity index is 587. The number of aromatic nitrogens is 2. The zero-order valence-corrected chi connectivity index (χ0v) is 11.4. The van der Waals surface area contributed by atoms with Crippen LogP contribution in [0.25, 0.3) is 10.2 Å². The molecular formula is C12H17N5S. The van der Waals surface area contributed by atoms with Crippen LogP contribution in [0.5, 0.6) is 0 Å². The molecule has 0 saturated heterocycles. The Morgan fingerprint density at radius 2 is 2.22 bits per heavy atom. The number of thiophene rings is 1. The number of hydrazine groups is 1. The highest BCUT2D eigenvalue weighted by Gasteiger charge is 2.38. The molecule has 1 aliphatic rings. The number of nitrogens with one attached hydrogen (secondary N) is 2. The van der Waals surface area contributed by atoms with Crippen molar-refractivity contribution in [2.45, 2.75) is 38.6 Å². The van der Waals surface area contributed by atoms with Crippen molar-refractivity contribution in [3.63, 3.8) is 0 Å². The first-order valence-electron chi connectivity index (χ1n) is 6.19. The van der Waals surface area contributed by atoms with E-state index in [1.165, 1.54) is 17.7 Å². The minimum absolute atomic E-state index is 0.196. The fourth-order valence-corrected chi connectivity index (χ4v) is 2.87. The number of hydrogen-bond acceptors (Lipinski definition) is 6. The Labute approximate surface area is 110 Å². The SMILES string of the molecule is CCc1cc2c(NC3(C)CC3)nc(NN)nc2s1. The molecule has 18 heavy (non-hydrogen) atoms. The molecule has 3 rings (SSSR count). The van der Waals surface area contributed by atoms with Crippen molar-refractivity contribution in [2.75, 3.05) is 10.7 Å². The van der Waals surface area contributed by atoms with Gasteiger partial charge < -0.3 is 5.32 Å². The lowest BCUT2D eigenvalue weighted by Crippen LogP contribution is -2.18. The minimum atomic E-state index is 0.196. The highest BCUT2D eigenvalue weighted by Crippen LogP contribution is 2.40. The van der Waals surface area contributed by atoms with Gasteiger partial charge >= 0.3 is 0 Å². The summed E-state index contributed by atoms with van der Waals surface area (Å²) in [5.41, 5.74) is 2.73. The molecule has 0 radical (unpaired) electrons. The number of nitrogens with two attached hydrogens (primary N) is 1. The summed E-state index contributed by atoms with van der Waals surface area (Å²) in [5, 5.41) is 4.61. The zero-order chi connectivity index (χ0) is 12.8. The van der Waals surface area contributed by atoms with Crippen LogP contribution in [0.2, 0.25) is 0 Å². The van der Waals surface area contributed by atoms with Crippen molar-refractivity contribution in [3.05, 3.63) is 10.9 Å². The monoisotopic (exact) mass is 263 g/mol. The van der Waals surface area contributed by atoms with E-state index in [1.807, 2.05) is 0 Å². The number of anilines is 2. The first kappa shape index (κ1) is 11.7. The van der Waals surface area contributed by atoms with Crippen LogP contribution < -0.4 is 16.6 Å². The molecule has 0 amide bonds. The summed E-state index contributed by atoms with van der Waals surface area (Å²) in [6.45, 7) is 4.36. The maximum atomic E-state index is 5.43. The van der Waals surface area contributed by atoms with E-state index >= 15 is 0 Å². The average Bonchev–Trinajstić information content (AvgIpc) is 2.93. The number of fused-ring (bicyclic) bond motifs is 1. The molecule has 1 fully saturated rings. The zero-order valence-electron chi connectivity index (χ0n) is 10.6. The summed E-state index contributed by atoms with van der Waals surface area (Å²) >= 11 is 1.70. The van der Waals surface area contributed by atoms with E-state index in [0.29, 0.717) is 5.95 Å². The van der Waals surface area contributed by atoms with Gasteiger partial charge in [-0.25, -0.2) is 10.8 Å². The van der Waals surface area contributed by atoms with Crippen molar-refractivity contribution < 1.29 is 0 Å². The van der Waals surface area contributed by atoms with Crippen molar-refractivity contribution in [1.82, 2.24) is 9.97 Å². The molecule has 6 heteroatoms. The fourth-order valence-electron chi connectivity index (χ4n) is 1.90. The third kappa shape index (κ3) is 2.02. The lowest BCUT2D eigenvalue weighted by Gasteiger charge is -2.13. The predicted octanol–water partition coefficient (Wildman–Crippen LogP) is 2.50. The van der Waals surface area contributed by atoms with Crippen molar-refractivity contribution in [3.8, 4) is 0 Å². The number of rotatable bonds is 4. The topological polar surface area (TPSA) is 75.9 Å². The first-order chi connectivity index (χ1) is 8.63. The summed E-state index contributed by atoms with van der Waals surface area (Å²) in [6.07, 6.45) is 3.40. The molecule has 4 N–H and O–H groups in total. The smallest absolute Gasteiger partial charge is 0.240 e. The van der Waals surface area contributed by atoms with Gasteiger partial charge in [0.15, 0.2) is 0 Å². The largest absolute Gasteiger partial charge is 0.364 e. The normalized spacial score (nSPS) is 16.8. The van der Waals surface area contributed by atoms with Crippen molar-refractivity contribution in [2.24, 2.45) is 5.84 Å². The van der Waals surface area contributed by atoms with Gasteiger partial charge in [-0.15, -0.1) is 11.3 Å². The highest BCUT2D eigenvalue weighted by atomic mass is 32.1. The van der Waals surface area contributed by atoms with Crippen LogP contribution >= 0.6 is 11.3 Å². The second-order valence-electron chi connectivity index (χ2n) is 5.01. The Balaban J connectivity index is 2.10. The Morgan fingerprint density at radius 3 is 2.83 bits per heavy atom. The van der Waals surface area contributed by atoms with Gasteiger partial charge in [-0.05, 0) is 32.3 Å². The fraction of sp³-hybridized carbons (Fsp3) is 0.500. The first-order valence-corrected chi connectivity index (χ1v) is 7.00. The van der Waals surface area contributed by atoms with Gasteiger partial charge in [0.2, 0.25) is 5.95 Å². The van der Waals surface area contributed by atoms with Gasteiger partial charge in [0.05, 0.1) is 5.39 Å². The maximum absolute atomic E-state index is 5.43. The van der Waals surface area contributed by atoms with E-state index in [-0.39, 0.29) is 5.54 Å². The van der Waals surface area contributed by atoms with Crippen LogP contribution in [0.15, 0.2) is 6.07 Å². The molecule has 1 saturated carbocycles. The van der Waals surface area contributed by atoms with Crippen LogP contribution in [0.4, 0.5) is 11.8 Å². The molecule has 2 heterocycles. The summed E-state index contributed by atoms with van der Waals surface area (Å²) in [5.74, 6) is 6.79. The van der Waals surface area contributed by atoms with E-state index in [2.05, 4.69) is 40.6 Å². The quantitative estimate of drug-likeness (QED) is 0.583. The molecule has 0 spiro atoms. The van der Waals surface area contributed by atoms with Gasteiger partial charge in [-0.1, -0.05) is 6.92 Å². The third-order valence-corrected chi connectivity index (χ3v) is 4.51. The predicted molar refractivity (Wildman–Crippen MR) is 75.9 cm³/mol. The number of hydrogen-bond donors (Lipinski definition) is 3. The minimum Gasteiger partial charge on any atom is -0.364 e. The summed E-state index contributed by atoms with van der Waals surface area (Å²) in [6, 6.07) is 2.17. The average molecular weight is 263 g/mol. The Kier molecular flexibility index (Phi) is 2.64. The van der Waals surface area contributed by atoms with Crippen LogP contribution in [0.1, 0.15) is 31.6 Å². The molecule has 96 valence electrons. The van der Waals surface area contributed by atoms with Gasteiger partial charge in [0.1, 0.15) is 10.6 Å². The van der Waals surface area contributed by atoms with E-state index < -0.39 is 0 Å². The molecule has 0 aliphatic heterocycles. The Hall–Kier alpha value is -1.40. The number of aryl methyl sites for hydroxylation is 1. The number of nitrogen functional groups attached to an aromatic ring is 1. The molecule has 5 nitrogen and oxygen atoms in total. The van der Waals surface area contributed by atoms with Crippen molar-refractivity contribution >= 4 is 33.3 Å². The molecule has 0 bridgehead atoms. The lowest BCUT2D eigenvalue weighted by molar-refractivity contribution is 0.822. The second-order valence-corrected chi connectivity index (χ2v) is 6.13. The Morgan fingerprint density at radius 1 is 1.44 bits per heavy atom. The van der Waals surface area contributed by atoms with E-state index in [9.17, 15) is 0 Å². The molecule has 2 aromatic heterocycles. The highest BCUT2D eigenvalue weighted by molar-refractivity contribution is 7.18. The van der Waals surface area contributed by atoms with Gasteiger partial charge in [0.25, 0.3) is 0 Å². The molecule has 0 unspecified atom stereocenters. The molecule has 0 aromatic carbocycles. The summed E-state index contributed by atoms with van der Waals surface area (Å²) in [4.78, 5) is 11.2. The molecular weight excluding hydrogens is 246 g/mol. The van der Waals surface area contributed by atoms with E-state index in [1.54, 1.807) is 11.3 Å². The maximum Gasteiger partial charge on any atom is 0.240 e. The molecule has 0 atom stereocenters. The lowest BCUT2D eigenvalue weighted by atomic mass is 10.2. The third-order valence-electron chi connectivity index (χ3n) is 3.34. The second kappa shape index (κ2) is 4.07. The van der Waals surface area contributed by atoms with E-state index in [0.717, 1.165) is 22.5 Å². The molecule has 1 aliphatic carbocycles. The van der Waals surface area contributed by atoms with Crippen LogP contribution in [-0.2, 0) is 6.42 Å². The number of nitrogens with zero attached hydrogens (tertiary/aromatic N) is 2. The standard InChI is InChI=1S/C12H17N5S/c1-3-7-6-8-9(16-12(2)4-5-12)14-11(17-13)15-10(8)18-7/h6H,3-5,13H2,1-2H3,(H2,14,15,16,17). The van der Waals surface area contributed by atoms with Crippen LogP contribution in [0, 0.1) is 0 Å². The van der Waals surface area contributed by atoms with Crippen molar-refractivity contribution in [1.29, 1.82) is 0 Å². The summed E-state index contributed by atoms with van der Waals surface area (Å²) < 4.78 is 0. The van der Waals surface area contributed by atoms with Gasteiger partial charge in [-0.3, -0.25) is 5.43 Å². The van der Waals surface area contributed by atoms with E-state index in [4.69, 9.17) is 5.84 Å². The molecule has 2 aromatic rings. The summed E-state index contributed by atoms with van der Waals surface area (Å²) in [7, 11) is 0. The van der Waals surface area contributed by atoms with Gasteiger partial charge in [0, 0.05) is 10.4 Å². The van der Waals surface area contributed by atoms with Crippen LogP contribution in [0.3, 0.4) is 0 Å².